The summed E-state index contributed by atoms with van der Waals surface area (Å²) < 4.78 is 15.8. The van der Waals surface area contributed by atoms with Gasteiger partial charge < -0.3 is 4.90 Å². The van der Waals surface area contributed by atoms with Gasteiger partial charge in [0.25, 0.3) is 0 Å². The first-order valence-corrected chi connectivity index (χ1v) is 10.1. The van der Waals surface area contributed by atoms with Gasteiger partial charge in [-0.1, -0.05) is 31.4 Å². The third-order valence-electron chi connectivity index (χ3n) is 6.21. The number of piperidine rings is 1. The Morgan fingerprint density at radius 2 is 2.07 bits per heavy atom. The van der Waals surface area contributed by atoms with E-state index in [0.29, 0.717) is 5.92 Å². The zero-order chi connectivity index (χ0) is 18.7. The molecule has 1 aromatic heterocycles. The number of hydrogen-bond acceptors (Lipinski definition) is 3. The van der Waals surface area contributed by atoms with Crippen LogP contribution in [0.5, 0.6) is 0 Å². The lowest BCUT2D eigenvalue weighted by atomic mass is 9.68. The summed E-state index contributed by atoms with van der Waals surface area (Å²) in [4.78, 5) is 19.7. The van der Waals surface area contributed by atoms with Crippen LogP contribution in [0.2, 0.25) is 0 Å². The first-order chi connectivity index (χ1) is 13.2. The zero-order valence-corrected chi connectivity index (χ0v) is 15.7. The standard InChI is InChI=1S/C21H27FN4O/c22-19-8-4-7-18(12-19)21(9-2-1-3-10-21)20(27)25-11-5-6-17(13-25)14-26-16-23-15-24-26/h4,7-8,12,15-17H,1-3,5-6,9-11,13-14H2. The van der Waals surface area contributed by atoms with Crippen LogP contribution in [0.1, 0.15) is 50.5 Å². The minimum atomic E-state index is -0.560. The van der Waals surface area contributed by atoms with Gasteiger partial charge in [-0.15, -0.1) is 0 Å². The SMILES string of the molecule is O=C(N1CCCC(Cn2cncn2)C1)C1(c2cccc(F)c2)CCCCC1. The lowest BCUT2D eigenvalue weighted by molar-refractivity contribution is -0.141. The summed E-state index contributed by atoms with van der Waals surface area (Å²) in [5, 5.41) is 4.20. The lowest BCUT2D eigenvalue weighted by Crippen LogP contribution is -2.51. The molecule has 1 saturated carbocycles. The largest absolute Gasteiger partial charge is 0.342 e. The highest BCUT2D eigenvalue weighted by Gasteiger charge is 2.44. The molecule has 2 aliphatic rings. The molecule has 1 aliphatic carbocycles. The highest BCUT2D eigenvalue weighted by molar-refractivity contribution is 5.88. The lowest BCUT2D eigenvalue weighted by Gasteiger charge is -2.43. The van der Waals surface area contributed by atoms with Crippen LogP contribution in [-0.2, 0) is 16.8 Å². The third-order valence-corrected chi connectivity index (χ3v) is 6.21. The molecule has 1 amide bonds. The summed E-state index contributed by atoms with van der Waals surface area (Å²) in [5.74, 6) is 0.321. The van der Waals surface area contributed by atoms with Crippen molar-refractivity contribution in [1.29, 1.82) is 0 Å². The van der Waals surface area contributed by atoms with E-state index in [4.69, 9.17) is 0 Å². The van der Waals surface area contributed by atoms with Crippen LogP contribution in [-0.4, -0.2) is 38.7 Å². The summed E-state index contributed by atoms with van der Waals surface area (Å²) >= 11 is 0. The molecule has 1 saturated heterocycles. The van der Waals surface area contributed by atoms with Gasteiger partial charge in [0.15, 0.2) is 0 Å². The molecule has 0 radical (unpaired) electrons. The number of rotatable bonds is 4. The predicted molar refractivity (Wildman–Crippen MR) is 100 cm³/mol. The number of halogens is 1. The first-order valence-electron chi connectivity index (χ1n) is 10.1. The van der Waals surface area contributed by atoms with E-state index < -0.39 is 5.41 Å². The smallest absolute Gasteiger partial charge is 0.233 e. The number of benzene rings is 1. The van der Waals surface area contributed by atoms with Crippen molar-refractivity contribution in [2.45, 2.75) is 56.9 Å². The van der Waals surface area contributed by atoms with Crippen molar-refractivity contribution in [1.82, 2.24) is 19.7 Å². The van der Waals surface area contributed by atoms with Gasteiger partial charge in [-0.25, -0.2) is 9.37 Å². The van der Waals surface area contributed by atoms with Crippen LogP contribution in [0.3, 0.4) is 0 Å². The van der Waals surface area contributed by atoms with Crippen molar-refractivity contribution in [3.05, 3.63) is 48.3 Å². The molecular weight excluding hydrogens is 343 g/mol. The summed E-state index contributed by atoms with van der Waals surface area (Å²) in [6, 6.07) is 6.70. The summed E-state index contributed by atoms with van der Waals surface area (Å²) in [7, 11) is 0. The molecule has 0 N–H and O–H groups in total. The highest BCUT2D eigenvalue weighted by Crippen LogP contribution is 2.42. The summed E-state index contributed by atoms with van der Waals surface area (Å²) in [5.41, 5.74) is 0.292. The van der Waals surface area contributed by atoms with Crippen molar-refractivity contribution >= 4 is 5.91 Å². The Balaban J connectivity index is 1.56. The van der Waals surface area contributed by atoms with Crippen molar-refractivity contribution < 1.29 is 9.18 Å². The number of amides is 1. The van der Waals surface area contributed by atoms with E-state index in [2.05, 4.69) is 10.1 Å². The molecule has 1 unspecified atom stereocenters. The molecule has 27 heavy (non-hydrogen) atoms. The number of carbonyl (C=O) groups is 1. The molecule has 5 nitrogen and oxygen atoms in total. The minimum Gasteiger partial charge on any atom is -0.342 e. The average molecular weight is 370 g/mol. The fourth-order valence-corrected chi connectivity index (χ4v) is 4.86. The molecule has 2 fully saturated rings. The maximum atomic E-state index is 13.9. The quantitative estimate of drug-likeness (QED) is 0.827. The topological polar surface area (TPSA) is 51.0 Å². The van der Waals surface area contributed by atoms with E-state index in [1.54, 1.807) is 24.8 Å². The van der Waals surface area contributed by atoms with Crippen LogP contribution >= 0.6 is 0 Å². The molecule has 2 heterocycles. The van der Waals surface area contributed by atoms with Crippen molar-refractivity contribution in [3.8, 4) is 0 Å². The Hall–Kier alpha value is -2.24. The molecule has 0 bridgehead atoms. The highest BCUT2D eigenvalue weighted by atomic mass is 19.1. The van der Waals surface area contributed by atoms with Crippen LogP contribution in [0.25, 0.3) is 0 Å². The van der Waals surface area contributed by atoms with Crippen molar-refractivity contribution in [3.63, 3.8) is 0 Å². The fourth-order valence-electron chi connectivity index (χ4n) is 4.86. The predicted octanol–water partition coefficient (Wildman–Crippen LogP) is 3.56. The molecule has 0 spiro atoms. The molecule has 1 atom stereocenters. The summed E-state index contributed by atoms with van der Waals surface area (Å²) in [6.45, 7) is 2.33. The molecule has 1 aliphatic heterocycles. The van der Waals surface area contributed by atoms with Crippen LogP contribution in [0.15, 0.2) is 36.9 Å². The second kappa shape index (κ2) is 7.79. The van der Waals surface area contributed by atoms with Gasteiger partial charge in [0.2, 0.25) is 5.91 Å². The van der Waals surface area contributed by atoms with Crippen LogP contribution < -0.4 is 0 Å². The van der Waals surface area contributed by atoms with E-state index in [-0.39, 0.29) is 11.7 Å². The molecule has 1 aromatic carbocycles. The average Bonchev–Trinajstić information content (AvgIpc) is 3.21. The third kappa shape index (κ3) is 3.75. The monoisotopic (exact) mass is 370 g/mol. The van der Waals surface area contributed by atoms with Gasteiger partial charge in [0, 0.05) is 19.6 Å². The molecule has 6 heteroatoms. The van der Waals surface area contributed by atoms with E-state index in [0.717, 1.165) is 70.1 Å². The maximum absolute atomic E-state index is 13.9. The van der Waals surface area contributed by atoms with Gasteiger partial charge in [-0.2, -0.15) is 5.10 Å². The Bertz CT molecular complexity index is 770. The Morgan fingerprint density at radius 3 is 2.81 bits per heavy atom. The Kier molecular flexibility index (Phi) is 5.23. The fraction of sp³-hybridized carbons (Fsp3) is 0.571. The van der Waals surface area contributed by atoms with Gasteiger partial charge in [0.05, 0.1) is 5.41 Å². The maximum Gasteiger partial charge on any atom is 0.233 e. The van der Waals surface area contributed by atoms with E-state index in [1.807, 2.05) is 15.6 Å². The van der Waals surface area contributed by atoms with E-state index in [9.17, 15) is 9.18 Å². The molecule has 2 aromatic rings. The number of nitrogens with zero attached hydrogens (tertiary/aromatic N) is 4. The van der Waals surface area contributed by atoms with E-state index in [1.165, 1.54) is 6.07 Å². The number of aromatic nitrogens is 3. The number of carbonyl (C=O) groups excluding carboxylic acids is 1. The van der Waals surface area contributed by atoms with Crippen LogP contribution in [0, 0.1) is 11.7 Å². The second-order valence-corrected chi connectivity index (χ2v) is 8.03. The Morgan fingerprint density at radius 1 is 1.22 bits per heavy atom. The normalized spacial score (nSPS) is 22.6. The van der Waals surface area contributed by atoms with Gasteiger partial charge >= 0.3 is 0 Å². The van der Waals surface area contributed by atoms with Crippen molar-refractivity contribution in [2.75, 3.05) is 13.1 Å². The molecule has 144 valence electrons. The number of hydrogen-bond donors (Lipinski definition) is 0. The zero-order valence-electron chi connectivity index (χ0n) is 15.7. The van der Waals surface area contributed by atoms with Gasteiger partial charge in [-0.3, -0.25) is 9.48 Å². The van der Waals surface area contributed by atoms with Gasteiger partial charge in [-0.05, 0) is 49.3 Å². The van der Waals surface area contributed by atoms with E-state index >= 15 is 0 Å². The second-order valence-electron chi connectivity index (χ2n) is 8.03. The minimum absolute atomic E-state index is 0.191. The molecule has 4 rings (SSSR count). The van der Waals surface area contributed by atoms with Crippen LogP contribution in [0.4, 0.5) is 4.39 Å². The summed E-state index contributed by atoms with van der Waals surface area (Å²) in [6.07, 6.45) is 10.2. The Labute approximate surface area is 159 Å². The van der Waals surface area contributed by atoms with Crippen molar-refractivity contribution in [2.24, 2.45) is 5.92 Å². The number of likely N-dealkylation sites (tertiary alicyclic amines) is 1. The molecular formula is C21H27FN4O. The first kappa shape index (κ1) is 18.1. The van der Waals surface area contributed by atoms with Gasteiger partial charge in [0.1, 0.15) is 18.5 Å².